The minimum atomic E-state index is -1.04. The summed E-state index contributed by atoms with van der Waals surface area (Å²) in [6, 6.07) is 0. The highest BCUT2D eigenvalue weighted by atomic mass is 16.6. The molecule has 0 aromatic rings. The Bertz CT molecular complexity index is 1460. The van der Waals surface area contributed by atoms with E-state index in [2.05, 4.69) is 19.2 Å². The van der Waals surface area contributed by atoms with E-state index in [1.54, 1.807) is 19.6 Å². The van der Waals surface area contributed by atoms with Crippen LogP contribution in [0, 0.1) is 0 Å². The van der Waals surface area contributed by atoms with E-state index >= 15 is 0 Å². The van der Waals surface area contributed by atoms with Gasteiger partial charge in [-0.1, -0.05) is 168 Å². The molecule has 74 heavy (non-hydrogen) atoms. The number of carbonyl (C=O) groups excluding carboxylic acids is 4. The first-order valence-electron chi connectivity index (χ1n) is 28.7. The van der Waals surface area contributed by atoms with Crippen LogP contribution in [-0.2, 0) is 52.5 Å². The molecular formula is C55H101N5O14. The lowest BCUT2D eigenvalue weighted by atomic mass is 10.0. The third-order valence-corrected chi connectivity index (χ3v) is 13.3. The van der Waals surface area contributed by atoms with Gasteiger partial charge in [-0.25, -0.2) is 4.79 Å². The number of amides is 1. The Balaban J connectivity index is 2.59. The van der Waals surface area contributed by atoms with Gasteiger partial charge in [-0.2, -0.15) is 0 Å². The molecule has 4 N–H and O–H groups in total. The fraction of sp³-hybridized carbons (Fsp3) is 0.873. The molecule has 0 saturated carbocycles. The zero-order valence-electron chi connectivity index (χ0n) is 46.0. The predicted molar refractivity (Wildman–Crippen MR) is 285 cm³/mol. The molecule has 0 aliphatic carbocycles. The molecule has 1 heterocycles. The quantitative estimate of drug-likeness (QED) is 0.0261. The zero-order valence-corrected chi connectivity index (χ0v) is 46.0. The van der Waals surface area contributed by atoms with Gasteiger partial charge in [0.15, 0.2) is 6.10 Å². The molecule has 0 radical (unpaired) electrons. The summed E-state index contributed by atoms with van der Waals surface area (Å²) in [5, 5.41) is 31.1. The van der Waals surface area contributed by atoms with E-state index in [9.17, 15) is 48.9 Å². The van der Waals surface area contributed by atoms with Crippen LogP contribution in [0.25, 0.3) is 0 Å². The second kappa shape index (κ2) is 47.5. The molecule has 0 bridgehead atoms. The van der Waals surface area contributed by atoms with Gasteiger partial charge in [-0.15, -0.1) is 0 Å². The van der Waals surface area contributed by atoms with Crippen LogP contribution >= 0.6 is 0 Å². The van der Waals surface area contributed by atoms with E-state index in [0.29, 0.717) is 12.8 Å². The van der Waals surface area contributed by atoms with Crippen molar-refractivity contribution >= 4 is 41.7 Å². The number of aliphatic carboxylic acids is 3. The monoisotopic (exact) mass is 1060 g/mol. The Kier molecular flexibility index (Phi) is 43.7. The summed E-state index contributed by atoms with van der Waals surface area (Å²) in [7, 11) is 0. The smallest absolute Gasteiger partial charge is 0.332 e. The summed E-state index contributed by atoms with van der Waals surface area (Å²) < 4.78 is 22.0. The third kappa shape index (κ3) is 43.3. The topological polar surface area (TPSA) is 242 Å². The highest BCUT2D eigenvalue weighted by molar-refractivity contribution is 5.78. The number of carbonyl (C=O) groups is 7. The zero-order chi connectivity index (χ0) is 54.3. The molecule has 19 heteroatoms. The molecular weight excluding hydrogens is 955 g/mol. The Morgan fingerprint density at radius 2 is 0.730 bits per heavy atom. The number of unbranched alkanes of at least 4 members (excludes halogenated alkanes) is 24. The van der Waals surface area contributed by atoms with Gasteiger partial charge in [-0.05, 0) is 12.8 Å². The lowest BCUT2D eigenvalue weighted by Crippen LogP contribution is -2.50. The molecule has 1 amide bonds. The van der Waals surface area contributed by atoms with Gasteiger partial charge in [0.1, 0.15) is 19.8 Å². The van der Waals surface area contributed by atoms with Gasteiger partial charge < -0.3 is 39.6 Å². The van der Waals surface area contributed by atoms with Crippen molar-refractivity contribution in [1.29, 1.82) is 0 Å². The first kappa shape index (κ1) is 68.1. The number of hydrogen-bond donors (Lipinski definition) is 4. The van der Waals surface area contributed by atoms with Crippen LogP contribution in [0.15, 0.2) is 0 Å². The first-order chi connectivity index (χ1) is 35.8. The van der Waals surface area contributed by atoms with Crippen LogP contribution in [0.4, 0.5) is 0 Å². The van der Waals surface area contributed by atoms with Gasteiger partial charge >= 0.3 is 35.8 Å². The molecule has 1 rings (SSSR count). The number of ether oxygens (including phenoxy) is 4. The van der Waals surface area contributed by atoms with Crippen molar-refractivity contribution < 1.29 is 67.8 Å². The third-order valence-electron chi connectivity index (χ3n) is 13.3. The van der Waals surface area contributed by atoms with Gasteiger partial charge in [0.05, 0.1) is 32.8 Å². The maximum atomic E-state index is 13.0. The van der Waals surface area contributed by atoms with Crippen molar-refractivity contribution in [3.63, 3.8) is 0 Å². The lowest BCUT2D eigenvalue weighted by molar-refractivity contribution is -0.168. The molecule has 1 saturated heterocycles. The maximum absolute atomic E-state index is 13.0. The van der Waals surface area contributed by atoms with E-state index in [1.807, 2.05) is 0 Å². The van der Waals surface area contributed by atoms with Crippen LogP contribution < -0.4 is 5.32 Å². The van der Waals surface area contributed by atoms with E-state index in [4.69, 9.17) is 18.9 Å². The van der Waals surface area contributed by atoms with Gasteiger partial charge in [0, 0.05) is 71.7 Å². The summed E-state index contributed by atoms with van der Waals surface area (Å²) in [4.78, 5) is 92.8. The van der Waals surface area contributed by atoms with Crippen molar-refractivity contribution in [2.24, 2.45) is 0 Å². The number of carboxylic acids is 3. The normalized spacial score (nSPS) is 14.9. The Morgan fingerprint density at radius 1 is 0.419 bits per heavy atom. The van der Waals surface area contributed by atoms with Crippen LogP contribution in [0.2, 0.25) is 0 Å². The average molecular weight is 1060 g/mol. The van der Waals surface area contributed by atoms with Crippen molar-refractivity contribution in [2.45, 2.75) is 200 Å². The fourth-order valence-electron chi connectivity index (χ4n) is 8.88. The number of nitrogens with zero attached hydrogens (tertiary/aromatic N) is 4. The Labute approximate surface area is 444 Å². The molecule has 0 aromatic heterocycles. The van der Waals surface area contributed by atoms with Crippen molar-refractivity contribution in [1.82, 2.24) is 24.9 Å². The van der Waals surface area contributed by atoms with Gasteiger partial charge in [0.25, 0.3) is 0 Å². The molecule has 0 aromatic carbocycles. The number of hydrogen-bond acceptors (Lipinski definition) is 15. The molecule has 0 spiro atoms. The summed E-state index contributed by atoms with van der Waals surface area (Å²) in [6.45, 7) is 4.78. The van der Waals surface area contributed by atoms with E-state index in [0.717, 1.165) is 38.5 Å². The van der Waals surface area contributed by atoms with E-state index < -0.39 is 48.5 Å². The fourth-order valence-corrected chi connectivity index (χ4v) is 8.88. The molecule has 1 atom stereocenters. The minimum absolute atomic E-state index is 0.0270. The number of nitrogens with one attached hydrogen (secondary N) is 1. The molecule has 1 fully saturated rings. The molecule has 1 unspecified atom stereocenters. The van der Waals surface area contributed by atoms with Crippen LogP contribution in [0.5, 0.6) is 0 Å². The number of esters is 3. The summed E-state index contributed by atoms with van der Waals surface area (Å²) in [5.41, 5.74) is 0. The van der Waals surface area contributed by atoms with Crippen molar-refractivity contribution in [3.05, 3.63) is 0 Å². The molecule has 19 nitrogen and oxygen atoms in total. The van der Waals surface area contributed by atoms with E-state index in [-0.39, 0.29) is 124 Å². The Morgan fingerprint density at radius 3 is 1.08 bits per heavy atom. The minimum Gasteiger partial charge on any atom is -0.480 e. The van der Waals surface area contributed by atoms with Crippen molar-refractivity contribution in [2.75, 3.05) is 112 Å². The van der Waals surface area contributed by atoms with E-state index in [1.165, 1.54) is 116 Å². The largest absolute Gasteiger partial charge is 0.480 e. The average Bonchev–Trinajstić information content (AvgIpc) is 3.35. The first-order valence-corrected chi connectivity index (χ1v) is 28.7. The van der Waals surface area contributed by atoms with Crippen molar-refractivity contribution in [3.8, 4) is 0 Å². The second-order valence-electron chi connectivity index (χ2n) is 20.2. The van der Waals surface area contributed by atoms with Gasteiger partial charge in [0.2, 0.25) is 5.91 Å². The number of rotatable bonds is 46. The highest BCUT2D eigenvalue weighted by Gasteiger charge is 2.22. The lowest BCUT2D eigenvalue weighted by Gasteiger charge is -2.32. The maximum Gasteiger partial charge on any atom is 0.332 e. The van der Waals surface area contributed by atoms with Crippen LogP contribution in [0.3, 0.4) is 0 Å². The predicted octanol–water partition coefficient (Wildman–Crippen LogP) is 7.56. The van der Waals surface area contributed by atoms with Crippen LogP contribution in [-0.4, -0.2) is 194 Å². The highest BCUT2D eigenvalue weighted by Crippen LogP contribution is 2.15. The summed E-state index contributed by atoms with van der Waals surface area (Å²) >= 11 is 0. The second-order valence-corrected chi connectivity index (χ2v) is 20.2. The number of carboxylic acid groups (broad SMARTS) is 3. The van der Waals surface area contributed by atoms with Crippen LogP contribution in [0.1, 0.15) is 194 Å². The summed E-state index contributed by atoms with van der Waals surface area (Å²) in [6.07, 6.45) is 30.4. The molecule has 1 aliphatic rings. The SMILES string of the molecule is CCCCCCCCCCCCCCCC(=O)OCC(COC(=O)COCCNC(=O)CN1CCN(CC(=O)O)CCN(CC(=O)O)CCN(CC(=O)O)CC1)OC(=O)CCCCCCCCCCCCCCC. The summed E-state index contributed by atoms with van der Waals surface area (Å²) in [5.74, 6) is -5.06. The van der Waals surface area contributed by atoms with Gasteiger partial charge in [-0.3, -0.25) is 48.4 Å². The molecule has 1 aliphatic heterocycles. The Hall–Kier alpha value is -3.91. The molecule has 430 valence electrons. The standard InChI is InChI=1S/C55H101N5O14/c1-3-5-7-9-11-13-15-17-19-21-23-25-27-29-53(68)72-45-48(74-54(69)30-28-26-24-22-20-18-16-14-12-10-8-6-4-2)46-73-55(70)47-71-40-31-56-49(61)41-57-32-34-58(42-50(62)63)36-38-60(44-52(66)67)39-37-59(35-33-57)43-51(64)65/h48H,3-47H2,1-2H3,(H,56,61)(H,62,63)(H,64,65)(H,66,67).